The molecule has 2 N–H and O–H groups in total. The van der Waals surface area contributed by atoms with Gasteiger partial charge in [-0.05, 0) is 25.5 Å². The number of hydrogen-bond donors (Lipinski definition) is 1. The molecule has 0 aromatic heterocycles. The Morgan fingerprint density at radius 2 is 2.31 bits per heavy atom. The molecule has 1 aliphatic heterocycles. The van der Waals surface area contributed by atoms with Gasteiger partial charge in [-0.3, -0.25) is 0 Å². The second-order valence-corrected chi connectivity index (χ2v) is 4.48. The average Bonchev–Trinajstić information content (AvgIpc) is 2.33. The molecule has 0 bridgehead atoms. The molecule has 0 amide bonds. The second-order valence-electron chi connectivity index (χ2n) is 4.07. The second kappa shape index (κ2) is 5.13. The van der Waals surface area contributed by atoms with Crippen molar-refractivity contribution in [2.24, 2.45) is 11.7 Å². The quantitative estimate of drug-likeness (QED) is 0.867. The van der Waals surface area contributed by atoms with Crippen LogP contribution in [0.3, 0.4) is 0 Å². The van der Waals surface area contributed by atoms with Gasteiger partial charge in [0.1, 0.15) is 5.82 Å². The maximum atomic E-state index is 13.8. The number of halogens is 2. The van der Waals surface area contributed by atoms with Gasteiger partial charge in [0, 0.05) is 18.1 Å². The highest BCUT2D eigenvalue weighted by molar-refractivity contribution is 6.30. The lowest BCUT2D eigenvalue weighted by molar-refractivity contribution is -0.0270. The lowest BCUT2D eigenvalue weighted by Gasteiger charge is -2.31. The van der Waals surface area contributed by atoms with Crippen molar-refractivity contribution < 1.29 is 9.13 Å². The Morgan fingerprint density at radius 1 is 1.50 bits per heavy atom. The summed E-state index contributed by atoms with van der Waals surface area (Å²) in [4.78, 5) is 0. The van der Waals surface area contributed by atoms with Crippen LogP contribution in [-0.4, -0.2) is 13.2 Å². The van der Waals surface area contributed by atoms with Gasteiger partial charge in [0.05, 0.1) is 11.1 Å². The Hall–Kier alpha value is -0.640. The largest absolute Gasteiger partial charge is 0.373 e. The first-order chi connectivity index (χ1) is 7.74. The molecule has 1 saturated heterocycles. The van der Waals surface area contributed by atoms with E-state index in [1.165, 1.54) is 0 Å². The summed E-state index contributed by atoms with van der Waals surface area (Å²) in [5, 5.41) is 0.141. The van der Waals surface area contributed by atoms with Gasteiger partial charge < -0.3 is 10.5 Å². The standard InChI is InChI=1S/C12H15ClFNO/c13-10-5-1-4-9(11(10)14)12-8(7-15)3-2-6-16-12/h1,4-5,8,12H,2-3,6-7,15H2. The highest BCUT2D eigenvalue weighted by atomic mass is 35.5. The van der Waals surface area contributed by atoms with Gasteiger partial charge in [-0.2, -0.15) is 0 Å². The topological polar surface area (TPSA) is 35.2 Å². The van der Waals surface area contributed by atoms with Gasteiger partial charge in [-0.25, -0.2) is 4.39 Å². The van der Waals surface area contributed by atoms with Crippen LogP contribution in [0.15, 0.2) is 18.2 Å². The first-order valence-corrected chi connectivity index (χ1v) is 5.87. The maximum absolute atomic E-state index is 13.8. The van der Waals surface area contributed by atoms with E-state index in [9.17, 15) is 4.39 Å². The van der Waals surface area contributed by atoms with Gasteiger partial charge >= 0.3 is 0 Å². The van der Waals surface area contributed by atoms with Crippen LogP contribution < -0.4 is 5.73 Å². The molecule has 4 heteroatoms. The van der Waals surface area contributed by atoms with E-state index >= 15 is 0 Å². The molecule has 0 aliphatic carbocycles. The Balaban J connectivity index is 2.30. The highest BCUT2D eigenvalue weighted by Gasteiger charge is 2.28. The summed E-state index contributed by atoms with van der Waals surface area (Å²) in [7, 11) is 0. The summed E-state index contributed by atoms with van der Waals surface area (Å²) < 4.78 is 19.5. The zero-order valence-corrected chi connectivity index (χ0v) is 9.71. The summed E-state index contributed by atoms with van der Waals surface area (Å²) in [6.45, 7) is 1.17. The minimum Gasteiger partial charge on any atom is -0.373 e. The third-order valence-corrected chi connectivity index (χ3v) is 3.33. The first kappa shape index (κ1) is 11.8. The summed E-state index contributed by atoms with van der Waals surface area (Å²) >= 11 is 5.76. The van der Waals surface area contributed by atoms with Crippen molar-refractivity contribution in [3.05, 3.63) is 34.6 Å². The molecule has 2 atom stereocenters. The Kier molecular flexibility index (Phi) is 3.79. The summed E-state index contributed by atoms with van der Waals surface area (Å²) in [5.41, 5.74) is 6.21. The smallest absolute Gasteiger partial charge is 0.147 e. The molecule has 1 heterocycles. The number of nitrogens with two attached hydrogens (primary N) is 1. The third-order valence-electron chi connectivity index (χ3n) is 3.04. The summed E-state index contributed by atoms with van der Waals surface area (Å²) in [6, 6.07) is 5.01. The lowest BCUT2D eigenvalue weighted by atomic mass is 9.89. The molecular formula is C12H15ClFNO. The van der Waals surface area contributed by atoms with Crippen molar-refractivity contribution in [2.75, 3.05) is 13.2 Å². The number of rotatable bonds is 2. The molecule has 0 radical (unpaired) electrons. The van der Waals surface area contributed by atoms with Crippen LogP contribution in [-0.2, 0) is 4.74 Å². The van der Waals surface area contributed by atoms with Crippen LogP contribution in [0.25, 0.3) is 0 Å². The van der Waals surface area contributed by atoms with E-state index < -0.39 is 0 Å². The fraction of sp³-hybridized carbons (Fsp3) is 0.500. The van der Waals surface area contributed by atoms with Gasteiger partial charge in [-0.15, -0.1) is 0 Å². The fourth-order valence-electron chi connectivity index (χ4n) is 2.17. The van der Waals surface area contributed by atoms with E-state index in [0.717, 1.165) is 12.8 Å². The van der Waals surface area contributed by atoms with Gasteiger partial charge in [-0.1, -0.05) is 23.7 Å². The van der Waals surface area contributed by atoms with E-state index in [-0.39, 0.29) is 22.9 Å². The van der Waals surface area contributed by atoms with Crippen molar-refractivity contribution in [3.63, 3.8) is 0 Å². The minimum absolute atomic E-state index is 0.141. The highest BCUT2D eigenvalue weighted by Crippen LogP contribution is 2.35. The van der Waals surface area contributed by atoms with Gasteiger partial charge in [0.25, 0.3) is 0 Å². The molecule has 2 unspecified atom stereocenters. The van der Waals surface area contributed by atoms with E-state index in [1.807, 2.05) is 0 Å². The Labute approximate surface area is 99.5 Å². The zero-order valence-electron chi connectivity index (χ0n) is 8.96. The van der Waals surface area contributed by atoms with Crippen molar-refractivity contribution in [1.29, 1.82) is 0 Å². The predicted molar refractivity (Wildman–Crippen MR) is 61.9 cm³/mol. The molecule has 1 aromatic rings. The molecule has 1 fully saturated rings. The molecule has 88 valence electrons. The zero-order chi connectivity index (χ0) is 11.5. The normalized spacial score (nSPS) is 25.7. The molecular weight excluding hydrogens is 229 g/mol. The number of hydrogen-bond acceptors (Lipinski definition) is 2. The molecule has 1 aliphatic rings. The van der Waals surface area contributed by atoms with Gasteiger partial charge in [0.2, 0.25) is 0 Å². The van der Waals surface area contributed by atoms with Crippen LogP contribution in [0.4, 0.5) is 4.39 Å². The minimum atomic E-state index is -0.380. The van der Waals surface area contributed by atoms with Gasteiger partial charge in [0.15, 0.2) is 0 Å². The molecule has 0 saturated carbocycles. The predicted octanol–water partition coefficient (Wildman–Crippen LogP) is 2.91. The van der Waals surface area contributed by atoms with E-state index in [0.29, 0.717) is 18.7 Å². The van der Waals surface area contributed by atoms with Crippen molar-refractivity contribution in [1.82, 2.24) is 0 Å². The number of benzene rings is 1. The Morgan fingerprint density at radius 3 is 3.06 bits per heavy atom. The molecule has 2 rings (SSSR count). The average molecular weight is 244 g/mol. The monoisotopic (exact) mass is 243 g/mol. The first-order valence-electron chi connectivity index (χ1n) is 5.49. The SMILES string of the molecule is NCC1CCCOC1c1cccc(Cl)c1F. The van der Waals surface area contributed by atoms with Crippen molar-refractivity contribution in [2.45, 2.75) is 18.9 Å². The molecule has 2 nitrogen and oxygen atoms in total. The van der Waals surface area contributed by atoms with Crippen molar-refractivity contribution >= 4 is 11.6 Å². The van der Waals surface area contributed by atoms with E-state index in [2.05, 4.69) is 0 Å². The van der Waals surface area contributed by atoms with Crippen molar-refractivity contribution in [3.8, 4) is 0 Å². The van der Waals surface area contributed by atoms with E-state index in [1.54, 1.807) is 18.2 Å². The van der Waals surface area contributed by atoms with Crippen LogP contribution >= 0.6 is 11.6 Å². The van der Waals surface area contributed by atoms with Crippen LogP contribution in [0.5, 0.6) is 0 Å². The van der Waals surface area contributed by atoms with E-state index in [4.69, 9.17) is 22.1 Å². The summed E-state index contributed by atoms with van der Waals surface area (Å²) in [6.07, 6.45) is 1.71. The summed E-state index contributed by atoms with van der Waals surface area (Å²) in [5.74, 6) is -0.198. The Bertz CT molecular complexity index is 372. The van der Waals surface area contributed by atoms with Crippen LogP contribution in [0.1, 0.15) is 24.5 Å². The van der Waals surface area contributed by atoms with Crippen LogP contribution in [0, 0.1) is 11.7 Å². The fourth-order valence-corrected chi connectivity index (χ4v) is 2.35. The molecule has 1 aromatic carbocycles. The maximum Gasteiger partial charge on any atom is 0.147 e. The molecule has 16 heavy (non-hydrogen) atoms. The molecule has 0 spiro atoms. The number of ether oxygens (including phenoxy) is 1. The lowest BCUT2D eigenvalue weighted by Crippen LogP contribution is -2.29. The third kappa shape index (κ3) is 2.21. The van der Waals surface area contributed by atoms with Crippen LogP contribution in [0.2, 0.25) is 5.02 Å².